The number of aromatic nitrogens is 2. The summed E-state index contributed by atoms with van der Waals surface area (Å²) in [4.78, 5) is 20.6. The first-order chi connectivity index (χ1) is 13.2. The number of hydrogen-bond donors (Lipinski definition) is 1. The molecule has 4 nitrogen and oxygen atoms in total. The summed E-state index contributed by atoms with van der Waals surface area (Å²) in [5.41, 5.74) is 2.80. The Morgan fingerprint density at radius 1 is 1.19 bits per heavy atom. The Labute approximate surface area is 162 Å². The molecule has 2 heterocycles. The molecule has 132 valence electrons. The first-order valence-electron chi connectivity index (χ1n) is 8.04. The number of thioether (sulfide) groups is 1. The topological polar surface area (TPSA) is 69.5 Å². The SMILES string of the molecule is N#Cc1ccccc1CSc1nc2scc(-c3ccc(F)cc3)c2c(=O)[nH]1. The summed E-state index contributed by atoms with van der Waals surface area (Å²) in [5, 5.41) is 12.1. The van der Waals surface area contributed by atoms with Crippen molar-refractivity contribution in [2.45, 2.75) is 10.9 Å². The number of rotatable bonds is 4. The molecule has 0 saturated heterocycles. The number of fused-ring (bicyclic) bond motifs is 1. The number of nitrogens with one attached hydrogen (secondary N) is 1. The van der Waals surface area contributed by atoms with E-state index in [2.05, 4.69) is 16.0 Å². The molecule has 4 rings (SSSR count). The molecular formula is C20H12FN3OS2. The maximum absolute atomic E-state index is 13.2. The molecule has 0 unspecified atom stereocenters. The van der Waals surface area contributed by atoms with Crippen molar-refractivity contribution < 1.29 is 4.39 Å². The van der Waals surface area contributed by atoms with E-state index >= 15 is 0 Å². The number of aromatic amines is 1. The van der Waals surface area contributed by atoms with Gasteiger partial charge in [-0.15, -0.1) is 11.3 Å². The number of hydrogen-bond acceptors (Lipinski definition) is 5. The van der Waals surface area contributed by atoms with Crippen LogP contribution in [0.1, 0.15) is 11.1 Å². The first kappa shape index (κ1) is 17.5. The minimum atomic E-state index is -0.318. The van der Waals surface area contributed by atoms with Crippen LogP contribution in [-0.2, 0) is 5.75 Å². The van der Waals surface area contributed by atoms with Crippen LogP contribution in [0.3, 0.4) is 0 Å². The number of benzene rings is 2. The monoisotopic (exact) mass is 393 g/mol. The normalized spacial score (nSPS) is 10.8. The van der Waals surface area contributed by atoms with E-state index in [0.29, 0.717) is 26.7 Å². The average molecular weight is 393 g/mol. The van der Waals surface area contributed by atoms with Gasteiger partial charge in [0.15, 0.2) is 5.16 Å². The van der Waals surface area contributed by atoms with E-state index in [0.717, 1.165) is 16.7 Å². The van der Waals surface area contributed by atoms with Crippen molar-refractivity contribution in [3.63, 3.8) is 0 Å². The molecule has 0 aliphatic carbocycles. The molecule has 1 N–H and O–H groups in total. The highest BCUT2D eigenvalue weighted by molar-refractivity contribution is 7.98. The van der Waals surface area contributed by atoms with Gasteiger partial charge in [-0.3, -0.25) is 4.79 Å². The van der Waals surface area contributed by atoms with Crippen LogP contribution >= 0.6 is 23.1 Å². The van der Waals surface area contributed by atoms with Gasteiger partial charge >= 0.3 is 0 Å². The Morgan fingerprint density at radius 2 is 1.96 bits per heavy atom. The van der Waals surface area contributed by atoms with Gasteiger partial charge in [0.2, 0.25) is 0 Å². The Hall–Kier alpha value is -2.95. The average Bonchev–Trinajstić information content (AvgIpc) is 3.12. The van der Waals surface area contributed by atoms with E-state index in [4.69, 9.17) is 0 Å². The van der Waals surface area contributed by atoms with Crippen molar-refractivity contribution in [3.8, 4) is 17.2 Å². The number of thiophene rings is 1. The van der Waals surface area contributed by atoms with Crippen LogP contribution in [0, 0.1) is 17.1 Å². The molecule has 7 heteroatoms. The number of halogens is 1. The lowest BCUT2D eigenvalue weighted by atomic mass is 10.1. The van der Waals surface area contributed by atoms with Crippen LogP contribution in [-0.4, -0.2) is 9.97 Å². The lowest BCUT2D eigenvalue weighted by molar-refractivity contribution is 0.628. The largest absolute Gasteiger partial charge is 0.301 e. The van der Waals surface area contributed by atoms with Gasteiger partial charge in [0.05, 0.1) is 17.0 Å². The Kier molecular flexibility index (Phi) is 4.75. The predicted octanol–water partition coefficient (Wildman–Crippen LogP) is 4.95. The second kappa shape index (κ2) is 7.35. The first-order valence-corrected chi connectivity index (χ1v) is 9.90. The summed E-state index contributed by atoms with van der Waals surface area (Å²) < 4.78 is 13.2. The molecule has 0 radical (unpaired) electrons. The lowest BCUT2D eigenvalue weighted by Crippen LogP contribution is -2.08. The predicted molar refractivity (Wildman–Crippen MR) is 106 cm³/mol. The molecule has 0 aliphatic heterocycles. The van der Waals surface area contributed by atoms with Crippen LogP contribution < -0.4 is 5.56 Å². The molecule has 0 fully saturated rings. The Bertz CT molecular complexity index is 1220. The molecule has 0 spiro atoms. The van der Waals surface area contributed by atoms with E-state index in [1.807, 2.05) is 23.6 Å². The summed E-state index contributed by atoms with van der Waals surface area (Å²) in [6, 6.07) is 15.6. The minimum Gasteiger partial charge on any atom is -0.301 e. The van der Waals surface area contributed by atoms with Gasteiger partial charge in [0, 0.05) is 16.7 Å². The van der Waals surface area contributed by atoms with Crippen LogP contribution in [0.15, 0.2) is 63.9 Å². The molecule has 2 aromatic heterocycles. The molecule has 0 amide bonds. The molecule has 2 aromatic carbocycles. The fourth-order valence-corrected chi connectivity index (χ4v) is 4.61. The highest BCUT2D eigenvalue weighted by atomic mass is 32.2. The third-order valence-electron chi connectivity index (χ3n) is 4.08. The van der Waals surface area contributed by atoms with Crippen LogP contribution in [0.2, 0.25) is 0 Å². The van der Waals surface area contributed by atoms with Gasteiger partial charge in [-0.05, 0) is 29.3 Å². The molecule has 0 atom stereocenters. The van der Waals surface area contributed by atoms with Crippen molar-refractivity contribution in [1.29, 1.82) is 5.26 Å². The second-order valence-electron chi connectivity index (χ2n) is 5.77. The van der Waals surface area contributed by atoms with E-state index in [9.17, 15) is 14.4 Å². The third kappa shape index (κ3) is 3.50. The summed E-state index contributed by atoms with van der Waals surface area (Å²) in [5.74, 6) is 0.218. The number of nitrogens with zero attached hydrogens (tertiary/aromatic N) is 2. The smallest absolute Gasteiger partial charge is 0.260 e. The van der Waals surface area contributed by atoms with Crippen LogP contribution in [0.4, 0.5) is 4.39 Å². The van der Waals surface area contributed by atoms with E-state index in [1.54, 1.807) is 18.2 Å². The van der Waals surface area contributed by atoms with Gasteiger partial charge in [-0.1, -0.05) is 42.1 Å². The van der Waals surface area contributed by atoms with Crippen molar-refractivity contribution >= 4 is 33.3 Å². The summed E-state index contributed by atoms with van der Waals surface area (Å²) in [6.07, 6.45) is 0. The maximum Gasteiger partial charge on any atom is 0.260 e. The quantitative estimate of drug-likeness (QED) is 0.393. The van der Waals surface area contributed by atoms with Gasteiger partial charge in [-0.2, -0.15) is 5.26 Å². The van der Waals surface area contributed by atoms with E-state index < -0.39 is 0 Å². The van der Waals surface area contributed by atoms with Crippen LogP contribution in [0.25, 0.3) is 21.3 Å². The van der Waals surface area contributed by atoms with Crippen molar-refractivity contribution in [2.24, 2.45) is 0 Å². The van der Waals surface area contributed by atoms with Gasteiger partial charge in [0.25, 0.3) is 5.56 Å². The van der Waals surface area contributed by atoms with Crippen molar-refractivity contribution in [3.05, 3.63) is 81.2 Å². The van der Waals surface area contributed by atoms with Gasteiger partial charge < -0.3 is 4.98 Å². The summed E-state index contributed by atoms with van der Waals surface area (Å²) in [7, 11) is 0. The number of nitriles is 1. The Balaban J connectivity index is 1.66. The Morgan fingerprint density at radius 3 is 2.74 bits per heavy atom. The maximum atomic E-state index is 13.2. The third-order valence-corrected chi connectivity index (χ3v) is 5.87. The highest BCUT2D eigenvalue weighted by Gasteiger charge is 2.13. The molecule has 4 aromatic rings. The molecular weight excluding hydrogens is 381 g/mol. The zero-order valence-electron chi connectivity index (χ0n) is 13.9. The summed E-state index contributed by atoms with van der Waals surface area (Å²) in [6.45, 7) is 0. The highest BCUT2D eigenvalue weighted by Crippen LogP contribution is 2.32. The molecule has 0 bridgehead atoms. The van der Waals surface area contributed by atoms with Crippen LogP contribution in [0.5, 0.6) is 0 Å². The fourth-order valence-electron chi connectivity index (χ4n) is 2.74. The zero-order valence-corrected chi connectivity index (χ0v) is 15.5. The van der Waals surface area contributed by atoms with Crippen molar-refractivity contribution in [1.82, 2.24) is 9.97 Å². The molecule has 0 aliphatic rings. The van der Waals surface area contributed by atoms with Gasteiger partial charge in [-0.25, -0.2) is 9.37 Å². The second-order valence-corrected chi connectivity index (χ2v) is 7.59. The molecule has 27 heavy (non-hydrogen) atoms. The molecule has 0 saturated carbocycles. The minimum absolute atomic E-state index is 0.225. The number of H-pyrrole nitrogens is 1. The lowest BCUT2D eigenvalue weighted by Gasteiger charge is -2.04. The van der Waals surface area contributed by atoms with Crippen molar-refractivity contribution in [2.75, 3.05) is 0 Å². The van der Waals surface area contributed by atoms with E-state index in [-0.39, 0.29) is 11.4 Å². The van der Waals surface area contributed by atoms with Gasteiger partial charge in [0.1, 0.15) is 10.6 Å². The standard InChI is InChI=1S/C20H12FN3OS2/c21-15-7-5-12(6-8-15)16-11-26-19-17(16)18(25)23-20(24-19)27-10-14-4-2-1-3-13(14)9-22/h1-8,11H,10H2,(H,23,24,25). The summed E-state index contributed by atoms with van der Waals surface area (Å²) >= 11 is 2.76. The van der Waals surface area contributed by atoms with E-state index in [1.165, 1.54) is 35.2 Å². The zero-order chi connectivity index (χ0) is 18.8. The fraction of sp³-hybridized carbons (Fsp3) is 0.0500.